The van der Waals surface area contributed by atoms with Crippen LogP contribution in [0.3, 0.4) is 0 Å². The Kier molecular flexibility index (Phi) is 7.99. The number of carbonyl (C=O) groups is 2. The molecule has 3 heterocycles. The summed E-state index contributed by atoms with van der Waals surface area (Å²) < 4.78 is 0. The third-order valence-corrected chi connectivity index (χ3v) is 7.69. The largest absolute Gasteiger partial charge is 0.481 e. The van der Waals surface area contributed by atoms with E-state index in [4.69, 9.17) is 4.98 Å². The quantitative estimate of drug-likeness (QED) is 0.407. The number of aryl methyl sites for hydroxylation is 2. The maximum absolute atomic E-state index is 13.0. The Morgan fingerprint density at radius 2 is 1.97 bits per heavy atom. The number of likely N-dealkylation sites (tertiary alicyclic amines) is 1. The Morgan fingerprint density at radius 3 is 2.84 bits per heavy atom. The van der Waals surface area contributed by atoms with E-state index in [1.54, 1.807) is 0 Å². The van der Waals surface area contributed by atoms with Crippen LogP contribution in [-0.2, 0) is 22.4 Å². The monoisotopic (exact) mass is 500 g/mol. The molecule has 37 heavy (non-hydrogen) atoms. The first-order chi connectivity index (χ1) is 18.1. The molecule has 5 rings (SSSR count). The summed E-state index contributed by atoms with van der Waals surface area (Å²) in [6.45, 7) is 3.75. The number of hydrogen-bond acceptors (Lipinski definition) is 5. The maximum Gasteiger partial charge on any atom is 0.312 e. The molecule has 2 aliphatic rings. The molecule has 2 aromatic carbocycles. The average molecular weight is 501 g/mol. The van der Waals surface area contributed by atoms with Gasteiger partial charge in [-0.1, -0.05) is 48.5 Å². The van der Waals surface area contributed by atoms with Gasteiger partial charge in [0.25, 0.3) is 0 Å². The van der Waals surface area contributed by atoms with Gasteiger partial charge in [0.05, 0.1) is 11.8 Å². The molecule has 2 aliphatic heterocycles. The molecule has 0 radical (unpaired) electrons. The van der Waals surface area contributed by atoms with Crippen LogP contribution >= 0.6 is 0 Å². The maximum atomic E-state index is 13.0. The second-order valence-corrected chi connectivity index (χ2v) is 10.3. The third-order valence-electron chi connectivity index (χ3n) is 7.69. The topological polar surface area (TPSA) is 94.6 Å². The number of nitrogens with zero attached hydrogens (tertiary/aromatic N) is 2. The molecular formula is C30H36N4O3. The smallest absolute Gasteiger partial charge is 0.312 e. The number of pyridine rings is 1. The van der Waals surface area contributed by atoms with Crippen molar-refractivity contribution >= 4 is 28.5 Å². The van der Waals surface area contributed by atoms with Crippen molar-refractivity contribution in [1.29, 1.82) is 0 Å². The first-order valence-electron chi connectivity index (χ1n) is 13.5. The van der Waals surface area contributed by atoms with Crippen LogP contribution in [0.15, 0.2) is 54.6 Å². The number of amides is 1. The van der Waals surface area contributed by atoms with Gasteiger partial charge in [-0.25, -0.2) is 4.98 Å². The van der Waals surface area contributed by atoms with E-state index in [0.29, 0.717) is 5.56 Å². The highest BCUT2D eigenvalue weighted by molar-refractivity contribution is 5.86. The number of nitrogens with one attached hydrogen (secondary N) is 2. The van der Waals surface area contributed by atoms with E-state index in [0.717, 1.165) is 87.0 Å². The molecule has 7 nitrogen and oxygen atoms in total. The van der Waals surface area contributed by atoms with Crippen LogP contribution in [0, 0.1) is 5.92 Å². The number of carbonyl (C=O) groups excluding carboxylic acids is 1. The number of carboxylic acid groups (broad SMARTS) is 1. The Morgan fingerprint density at radius 1 is 1.11 bits per heavy atom. The van der Waals surface area contributed by atoms with Crippen molar-refractivity contribution in [2.24, 2.45) is 5.92 Å². The van der Waals surface area contributed by atoms with E-state index in [2.05, 4.69) is 27.7 Å². The molecule has 2 atom stereocenters. The lowest BCUT2D eigenvalue weighted by Gasteiger charge is -2.32. The molecule has 1 fully saturated rings. The molecule has 0 bridgehead atoms. The zero-order chi connectivity index (χ0) is 25.6. The fraction of sp³-hybridized carbons (Fsp3) is 0.433. The van der Waals surface area contributed by atoms with Gasteiger partial charge in [-0.2, -0.15) is 0 Å². The van der Waals surface area contributed by atoms with Crippen LogP contribution in [0.1, 0.15) is 48.4 Å². The number of aromatic nitrogens is 1. The zero-order valence-electron chi connectivity index (χ0n) is 21.3. The Balaban J connectivity index is 1.11. The van der Waals surface area contributed by atoms with Gasteiger partial charge in [0.2, 0.25) is 5.91 Å². The lowest BCUT2D eigenvalue weighted by Crippen LogP contribution is -2.44. The van der Waals surface area contributed by atoms with Crippen LogP contribution in [0.25, 0.3) is 10.8 Å². The molecule has 1 saturated heterocycles. The molecule has 0 saturated carbocycles. The Labute approximate surface area is 218 Å². The molecule has 7 heteroatoms. The number of rotatable bonds is 9. The molecule has 0 spiro atoms. The van der Waals surface area contributed by atoms with Crippen molar-refractivity contribution in [1.82, 2.24) is 15.2 Å². The number of fused-ring (bicyclic) bond motifs is 2. The summed E-state index contributed by atoms with van der Waals surface area (Å²) in [6.07, 6.45) is 6.01. The summed E-state index contributed by atoms with van der Waals surface area (Å²) in [5.41, 5.74) is 3.14. The molecule has 1 aromatic heterocycles. The normalized spacial score (nSPS) is 18.5. The summed E-state index contributed by atoms with van der Waals surface area (Å²) in [6, 6.07) is 17.9. The van der Waals surface area contributed by atoms with Crippen molar-refractivity contribution in [3.05, 3.63) is 71.4 Å². The van der Waals surface area contributed by atoms with Crippen molar-refractivity contribution in [2.75, 3.05) is 38.0 Å². The highest BCUT2D eigenvalue weighted by atomic mass is 16.4. The molecule has 1 amide bonds. The lowest BCUT2D eigenvalue weighted by molar-refractivity contribution is -0.138. The van der Waals surface area contributed by atoms with Gasteiger partial charge >= 0.3 is 5.97 Å². The number of piperidine rings is 1. The second-order valence-electron chi connectivity index (χ2n) is 10.3. The van der Waals surface area contributed by atoms with Crippen LogP contribution in [0.5, 0.6) is 0 Å². The van der Waals surface area contributed by atoms with E-state index in [1.807, 2.05) is 42.5 Å². The second kappa shape index (κ2) is 11.7. The first kappa shape index (κ1) is 25.2. The van der Waals surface area contributed by atoms with Gasteiger partial charge in [0, 0.05) is 25.3 Å². The molecular weight excluding hydrogens is 464 g/mol. The highest BCUT2D eigenvalue weighted by Gasteiger charge is 2.27. The van der Waals surface area contributed by atoms with Gasteiger partial charge in [0.15, 0.2) is 0 Å². The number of hydrogen-bond donors (Lipinski definition) is 3. The lowest BCUT2D eigenvalue weighted by atomic mass is 9.94. The minimum absolute atomic E-state index is 0.0424. The van der Waals surface area contributed by atoms with Crippen LogP contribution < -0.4 is 10.6 Å². The summed E-state index contributed by atoms with van der Waals surface area (Å²) in [5, 5.41) is 18.3. The van der Waals surface area contributed by atoms with E-state index in [1.165, 1.54) is 5.56 Å². The van der Waals surface area contributed by atoms with Gasteiger partial charge in [-0.3, -0.25) is 9.59 Å². The molecule has 3 N–H and O–H groups in total. The number of benzene rings is 2. The molecule has 0 aliphatic carbocycles. The van der Waals surface area contributed by atoms with Gasteiger partial charge < -0.3 is 20.6 Å². The Bertz CT molecular complexity index is 1260. The standard InChI is InChI=1S/C30H36N4O3/c35-29(32-19-27(30(36)37)24-12-11-21-6-1-2-7-23(21)18-24)25-9-4-16-34(20-25)17-5-10-26-14-13-22-8-3-15-31-28(22)33-26/h1-2,6-7,11-14,18,25,27H,3-5,8-10,15-17,19-20H2,(H,31,33)(H,32,35)(H,36,37). The van der Waals surface area contributed by atoms with Gasteiger partial charge in [0.1, 0.15) is 5.82 Å². The Hall–Kier alpha value is -3.45. The minimum atomic E-state index is -0.924. The fourth-order valence-electron chi connectivity index (χ4n) is 5.58. The van der Waals surface area contributed by atoms with E-state index < -0.39 is 11.9 Å². The fourth-order valence-corrected chi connectivity index (χ4v) is 5.58. The zero-order valence-corrected chi connectivity index (χ0v) is 21.3. The summed E-state index contributed by atoms with van der Waals surface area (Å²) in [5.74, 6) is -0.800. The van der Waals surface area contributed by atoms with Crippen LogP contribution in [-0.4, -0.2) is 59.6 Å². The van der Waals surface area contributed by atoms with Crippen molar-refractivity contribution < 1.29 is 14.7 Å². The van der Waals surface area contributed by atoms with Crippen molar-refractivity contribution in [3.63, 3.8) is 0 Å². The van der Waals surface area contributed by atoms with E-state index >= 15 is 0 Å². The van der Waals surface area contributed by atoms with Crippen molar-refractivity contribution in [2.45, 2.75) is 44.4 Å². The predicted molar refractivity (Wildman–Crippen MR) is 146 cm³/mol. The predicted octanol–water partition coefficient (Wildman–Crippen LogP) is 4.22. The third kappa shape index (κ3) is 6.28. The average Bonchev–Trinajstić information content (AvgIpc) is 2.93. The summed E-state index contributed by atoms with van der Waals surface area (Å²) >= 11 is 0. The number of carboxylic acids is 1. The van der Waals surface area contributed by atoms with Crippen LogP contribution in [0.2, 0.25) is 0 Å². The van der Waals surface area contributed by atoms with E-state index in [-0.39, 0.29) is 18.4 Å². The molecule has 3 aromatic rings. The number of aliphatic carboxylic acids is 1. The van der Waals surface area contributed by atoms with Crippen LogP contribution in [0.4, 0.5) is 5.82 Å². The number of anilines is 1. The summed E-state index contributed by atoms with van der Waals surface area (Å²) in [7, 11) is 0. The van der Waals surface area contributed by atoms with E-state index in [9.17, 15) is 14.7 Å². The minimum Gasteiger partial charge on any atom is -0.481 e. The highest BCUT2D eigenvalue weighted by Crippen LogP contribution is 2.24. The molecule has 2 unspecified atom stereocenters. The van der Waals surface area contributed by atoms with Crippen molar-refractivity contribution in [3.8, 4) is 0 Å². The SMILES string of the molecule is O=C(NCC(C(=O)O)c1ccc2ccccc2c1)C1CCCN(CCCc2ccc3c(n2)NCCC3)C1. The first-order valence-corrected chi connectivity index (χ1v) is 13.5. The summed E-state index contributed by atoms with van der Waals surface area (Å²) in [4.78, 5) is 32.2. The van der Waals surface area contributed by atoms with Gasteiger partial charge in [-0.15, -0.1) is 0 Å². The molecule has 194 valence electrons. The van der Waals surface area contributed by atoms with Gasteiger partial charge in [-0.05, 0) is 79.6 Å².